The molecule has 80 valence electrons. The molecule has 0 saturated carbocycles. The highest BCUT2D eigenvalue weighted by Crippen LogP contribution is 2.14. The molecular formula is C9H15NO4. The molecule has 14 heavy (non-hydrogen) atoms. The van der Waals surface area contributed by atoms with Gasteiger partial charge in [-0.2, -0.15) is 0 Å². The zero-order valence-electron chi connectivity index (χ0n) is 8.32. The van der Waals surface area contributed by atoms with Gasteiger partial charge in [0, 0.05) is 0 Å². The van der Waals surface area contributed by atoms with Crippen LogP contribution >= 0.6 is 0 Å². The van der Waals surface area contributed by atoms with Gasteiger partial charge in [0.1, 0.15) is 6.04 Å². The lowest BCUT2D eigenvalue weighted by Crippen LogP contribution is -2.36. The van der Waals surface area contributed by atoms with Crippen molar-refractivity contribution in [2.75, 3.05) is 6.54 Å². The number of ether oxygens (including phenoxy) is 1. The molecule has 5 nitrogen and oxygen atoms in total. The Kier molecular flexibility index (Phi) is 3.46. The Hall–Kier alpha value is -1.10. The van der Waals surface area contributed by atoms with Gasteiger partial charge in [0.15, 0.2) is 6.10 Å². The molecule has 1 aliphatic heterocycles. The summed E-state index contributed by atoms with van der Waals surface area (Å²) in [5.74, 6) is -1.15. The molecule has 1 fully saturated rings. The molecule has 1 heterocycles. The van der Waals surface area contributed by atoms with E-state index in [0.29, 0.717) is 12.3 Å². The number of esters is 1. The second kappa shape index (κ2) is 4.41. The van der Waals surface area contributed by atoms with Gasteiger partial charge in [-0.3, -0.25) is 4.79 Å². The molecule has 5 heteroatoms. The fraction of sp³-hybridized carbons (Fsp3) is 0.778. The van der Waals surface area contributed by atoms with E-state index in [1.807, 2.05) is 6.92 Å². The number of hydrogen-bond donors (Lipinski definition) is 2. The monoisotopic (exact) mass is 201 g/mol. The summed E-state index contributed by atoms with van der Waals surface area (Å²) in [6, 6.07) is -0.341. The van der Waals surface area contributed by atoms with E-state index in [-0.39, 0.29) is 6.04 Å². The summed E-state index contributed by atoms with van der Waals surface area (Å²) in [7, 11) is 0. The summed E-state index contributed by atoms with van der Waals surface area (Å²) in [5, 5.41) is 11.5. The molecule has 0 amide bonds. The molecular weight excluding hydrogens is 186 g/mol. The molecule has 0 aromatic heterocycles. The van der Waals surface area contributed by atoms with Gasteiger partial charge in [-0.05, 0) is 25.8 Å². The van der Waals surface area contributed by atoms with Crippen LogP contribution in [-0.4, -0.2) is 35.7 Å². The minimum Gasteiger partial charge on any atom is -0.479 e. The Morgan fingerprint density at radius 1 is 1.57 bits per heavy atom. The van der Waals surface area contributed by atoms with Crippen molar-refractivity contribution < 1.29 is 19.4 Å². The Labute approximate surface area is 82.4 Å². The van der Waals surface area contributed by atoms with Crippen molar-refractivity contribution in [2.45, 2.75) is 32.4 Å². The topological polar surface area (TPSA) is 75.6 Å². The molecule has 1 saturated heterocycles. The van der Waals surface area contributed by atoms with Crippen LogP contribution in [0.25, 0.3) is 0 Å². The van der Waals surface area contributed by atoms with E-state index in [0.717, 1.165) is 6.54 Å². The highest BCUT2D eigenvalue weighted by molar-refractivity contribution is 5.80. The number of rotatable bonds is 3. The number of aliphatic carboxylic acids is 1. The molecule has 3 atom stereocenters. The zero-order chi connectivity index (χ0) is 10.7. The van der Waals surface area contributed by atoms with Crippen molar-refractivity contribution in [2.24, 2.45) is 5.92 Å². The zero-order valence-corrected chi connectivity index (χ0v) is 8.32. The number of hydrogen-bond acceptors (Lipinski definition) is 4. The third-order valence-electron chi connectivity index (χ3n) is 2.28. The highest BCUT2D eigenvalue weighted by atomic mass is 16.6. The second-order valence-corrected chi connectivity index (χ2v) is 3.72. The summed E-state index contributed by atoms with van der Waals surface area (Å²) in [5.41, 5.74) is 0. The van der Waals surface area contributed by atoms with Crippen LogP contribution in [0.15, 0.2) is 0 Å². The van der Waals surface area contributed by atoms with Crippen LogP contribution in [0, 0.1) is 5.92 Å². The third kappa shape index (κ3) is 2.70. The number of carboxylic acids is 1. The van der Waals surface area contributed by atoms with Crippen LogP contribution in [0.2, 0.25) is 0 Å². The standard InChI is InChI=1S/C9H15NO4/c1-5-3-7(10-4-5)9(13)14-6(2)8(11)12/h5-7,10H,3-4H2,1-2H3,(H,11,12). The van der Waals surface area contributed by atoms with E-state index in [1.165, 1.54) is 6.92 Å². The van der Waals surface area contributed by atoms with E-state index in [4.69, 9.17) is 9.84 Å². The molecule has 0 aliphatic carbocycles. The van der Waals surface area contributed by atoms with E-state index in [2.05, 4.69) is 5.32 Å². The van der Waals surface area contributed by atoms with Gasteiger partial charge in [0.2, 0.25) is 0 Å². The van der Waals surface area contributed by atoms with Crippen LogP contribution in [0.5, 0.6) is 0 Å². The number of nitrogens with one attached hydrogen (secondary N) is 1. The van der Waals surface area contributed by atoms with Crippen molar-refractivity contribution in [1.82, 2.24) is 5.32 Å². The predicted molar refractivity (Wildman–Crippen MR) is 48.8 cm³/mol. The summed E-state index contributed by atoms with van der Waals surface area (Å²) in [4.78, 5) is 21.8. The first kappa shape index (κ1) is 11.0. The number of carbonyl (C=O) groups excluding carboxylic acids is 1. The van der Waals surface area contributed by atoms with E-state index in [1.54, 1.807) is 0 Å². The lowest BCUT2D eigenvalue weighted by Gasteiger charge is -2.12. The smallest absolute Gasteiger partial charge is 0.344 e. The number of carbonyl (C=O) groups is 2. The first-order chi connectivity index (χ1) is 6.50. The molecule has 3 unspecified atom stereocenters. The van der Waals surface area contributed by atoms with Gasteiger partial charge in [-0.1, -0.05) is 6.92 Å². The van der Waals surface area contributed by atoms with E-state index in [9.17, 15) is 9.59 Å². The van der Waals surface area contributed by atoms with Gasteiger partial charge in [-0.25, -0.2) is 4.79 Å². The van der Waals surface area contributed by atoms with Gasteiger partial charge in [0.05, 0.1) is 0 Å². The van der Waals surface area contributed by atoms with Crippen LogP contribution in [-0.2, 0) is 14.3 Å². The second-order valence-electron chi connectivity index (χ2n) is 3.72. The minimum atomic E-state index is -1.12. The Morgan fingerprint density at radius 2 is 2.21 bits per heavy atom. The van der Waals surface area contributed by atoms with Gasteiger partial charge >= 0.3 is 11.9 Å². The Bertz CT molecular complexity index is 241. The van der Waals surface area contributed by atoms with Crippen molar-refractivity contribution in [3.63, 3.8) is 0 Å². The molecule has 0 bridgehead atoms. The van der Waals surface area contributed by atoms with Crippen molar-refractivity contribution in [1.29, 1.82) is 0 Å². The average molecular weight is 201 g/mol. The normalized spacial score (nSPS) is 28.4. The maximum absolute atomic E-state index is 11.4. The van der Waals surface area contributed by atoms with Crippen molar-refractivity contribution in [3.05, 3.63) is 0 Å². The van der Waals surface area contributed by atoms with Gasteiger partial charge in [0.25, 0.3) is 0 Å². The van der Waals surface area contributed by atoms with Gasteiger partial charge in [-0.15, -0.1) is 0 Å². The molecule has 0 radical (unpaired) electrons. The quantitative estimate of drug-likeness (QED) is 0.629. The lowest BCUT2D eigenvalue weighted by molar-refractivity contribution is -0.163. The Balaban J connectivity index is 2.39. The summed E-state index contributed by atoms with van der Waals surface area (Å²) in [6.45, 7) is 4.15. The third-order valence-corrected chi connectivity index (χ3v) is 2.28. The molecule has 2 N–H and O–H groups in total. The molecule has 1 rings (SSSR count). The van der Waals surface area contributed by atoms with Crippen molar-refractivity contribution in [3.8, 4) is 0 Å². The minimum absolute atomic E-state index is 0.341. The lowest BCUT2D eigenvalue weighted by atomic mass is 10.1. The van der Waals surface area contributed by atoms with E-state index >= 15 is 0 Å². The molecule has 1 aliphatic rings. The first-order valence-corrected chi connectivity index (χ1v) is 4.67. The molecule has 0 spiro atoms. The van der Waals surface area contributed by atoms with Crippen LogP contribution in [0.4, 0.5) is 0 Å². The van der Waals surface area contributed by atoms with Gasteiger partial charge < -0.3 is 15.2 Å². The van der Waals surface area contributed by atoms with E-state index < -0.39 is 18.0 Å². The fourth-order valence-electron chi connectivity index (χ4n) is 1.40. The average Bonchev–Trinajstić information content (AvgIpc) is 2.51. The largest absolute Gasteiger partial charge is 0.479 e. The summed E-state index contributed by atoms with van der Waals surface area (Å²) >= 11 is 0. The summed E-state index contributed by atoms with van der Waals surface area (Å²) < 4.78 is 4.74. The molecule has 0 aromatic rings. The SMILES string of the molecule is CC1CNC(C(=O)OC(C)C(=O)O)C1. The van der Waals surface area contributed by atoms with Crippen LogP contribution < -0.4 is 5.32 Å². The maximum Gasteiger partial charge on any atom is 0.344 e. The highest BCUT2D eigenvalue weighted by Gasteiger charge is 2.30. The summed E-state index contributed by atoms with van der Waals surface area (Å²) in [6.07, 6.45) is -0.356. The predicted octanol–water partition coefficient (Wildman–Crippen LogP) is 0.000700. The Morgan fingerprint density at radius 3 is 2.64 bits per heavy atom. The first-order valence-electron chi connectivity index (χ1n) is 4.67. The fourth-order valence-corrected chi connectivity index (χ4v) is 1.40. The number of carboxylic acid groups (broad SMARTS) is 1. The maximum atomic E-state index is 11.4. The van der Waals surface area contributed by atoms with Crippen molar-refractivity contribution >= 4 is 11.9 Å². The van der Waals surface area contributed by atoms with Crippen LogP contribution in [0.3, 0.4) is 0 Å². The van der Waals surface area contributed by atoms with Crippen LogP contribution in [0.1, 0.15) is 20.3 Å². The molecule has 0 aromatic carbocycles.